The van der Waals surface area contributed by atoms with Crippen LogP contribution in [0.1, 0.15) is 26.7 Å². The van der Waals surface area contributed by atoms with Gasteiger partial charge >= 0.3 is 5.97 Å². The summed E-state index contributed by atoms with van der Waals surface area (Å²) in [7, 11) is 0. The van der Waals surface area contributed by atoms with E-state index in [4.69, 9.17) is 5.11 Å². The van der Waals surface area contributed by atoms with E-state index >= 15 is 0 Å². The number of hydrogen-bond acceptors (Lipinski definition) is 4. The van der Waals surface area contributed by atoms with Crippen molar-refractivity contribution in [2.24, 2.45) is 0 Å². The van der Waals surface area contributed by atoms with E-state index in [2.05, 4.69) is 4.98 Å². The Hall–Kier alpha value is -2.21. The van der Waals surface area contributed by atoms with Crippen LogP contribution in [0, 0.1) is 13.8 Å². The molecule has 1 heterocycles. The number of anilines is 1. The summed E-state index contributed by atoms with van der Waals surface area (Å²) in [4.78, 5) is 29.4. The lowest BCUT2D eigenvalue weighted by molar-refractivity contribution is -0.136. The smallest absolute Gasteiger partial charge is 0.305 e. The van der Waals surface area contributed by atoms with Gasteiger partial charge in [-0.3, -0.25) is 9.59 Å². The van der Waals surface area contributed by atoms with Gasteiger partial charge in [-0.1, -0.05) is 17.7 Å². The molecule has 0 fully saturated rings. The minimum atomic E-state index is -0.930. The fraction of sp³-hybridized carbons (Fsp3) is 0.267. The largest absolute Gasteiger partial charge is 0.481 e. The third-order valence-electron chi connectivity index (χ3n) is 2.97. The lowest BCUT2D eigenvalue weighted by Crippen LogP contribution is -2.32. The van der Waals surface area contributed by atoms with E-state index in [0.717, 1.165) is 10.6 Å². The molecule has 1 aromatic carbocycles. The second kappa shape index (κ2) is 6.49. The molecular formula is C15H16N2O3S. The van der Waals surface area contributed by atoms with Gasteiger partial charge in [0.1, 0.15) is 4.88 Å². The average Bonchev–Trinajstić information content (AvgIpc) is 2.87. The fourth-order valence-electron chi connectivity index (χ4n) is 1.87. The minimum Gasteiger partial charge on any atom is -0.481 e. The van der Waals surface area contributed by atoms with Gasteiger partial charge in [0.25, 0.3) is 5.91 Å². The third kappa shape index (κ3) is 3.88. The van der Waals surface area contributed by atoms with E-state index < -0.39 is 5.97 Å². The minimum absolute atomic E-state index is 0.0998. The Morgan fingerprint density at radius 1 is 1.24 bits per heavy atom. The van der Waals surface area contributed by atoms with E-state index in [1.165, 1.54) is 22.4 Å². The average molecular weight is 304 g/mol. The van der Waals surface area contributed by atoms with Crippen LogP contribution < -0.4 is 4.90 Å². The van der Waals surface area contributed by atoms with Crippen molar-refractivity contribution >= 4 is 28.9 Å². The van der Waals surface area contributed by atoms with Gasteiger partial charge in [0.15, 0.2) is 0 Å². The zero-order valence-electron chi connectivity index (χ0n) is 11.9. The second-order valence-electron chi connectivity index (χ2n) is 4.68. The van der Waals surface area contributed by atoms with Crippen molar-refractivity contribution in [1.82, 2.24) is 4.98 Å². The number of aryl methyl sites for hydroxylation is 2. The normalized spacial score (nSPS) is 10.4. The monoisotopic (exact) mass is 304 g/mol. The van der Waals surface area contributed by atoms with Gasteiger partial charge in [-0.25, -0.2) is 4.98 Å². The molecule has 6 heteroatoms. The molecule has 0 radical (unpaired) electrons. The van der Waals surface area contributed by atoms with Gasteiger partial charge in [0.05, 0.1) is 17.6 Å². The Kier molecular flexibility index (Phi) is 4.70. The number of amides is 1. The number of rotatable bonds is 5. The predicted molar refractivity (Wildman–Crippen MR) is 82.0 cm³/mol. The summed E-state index contributed by atoms with van der Waals surface area (Å²) in [6, 6.07) is 7.44. The summed E-state index contributed by atoms with van der Waals surface area (Å²) in [5.74, 6) is -1.15. The number of carboxylic acids is 1. The molecule has 1 aromatic heterocycles. The van der Waals surface area contributed by atoms with Crippen LogP contribution in [0.25, 0.3) is 0 Å². The van der Waals surface area contributed by atoms with Crippen molar-refractivity contribution in [2.75, 3.05) is 11.4 Å². The molecule has 1 N–H and O–H groups in total. The Morgan fingerprint density at radius 2 is 1.90 bits per heavy atom. The summed E-state index contributed by atoms with van der Waals surface area (Å²) in [6.45, 7) is 3.92. The molecule has 0 aliphatic heterocycles. The van der Waals surface area contributed by atoms with Gasteiger partial charge < -0.3 is 10.0 Å². The van der Waals surface area contributed by atoms with Crippen molar-refractivity contribution in [1.29, 1.82) is 0 Å². The van der Waals surface area contributed by atoms with Crippen LogP contribution in [0.4, 0.5) is 5.69 Å². The molecule has 0 spiro atoms. The molecule has 21 heavy (non-hydrogen) atoms. The highest BCUT2D eigenvalue weighted by molar-refractivity contribution is 7.13. The number of carbonyl (C=O) groups is 2. The topological polar surface area (TPSA) is 70.5 Å². The highest BCUT2D eigenvalue weighted by Crippen LogP contribution is 2.21. The Labute approximate surface area is 126 Å². The maximum Gasteiger partial charge on any atom is 0.305 e. The highest BCUT2D eigenvalue weighted by Gasteiger charge is 2.20. The van der Waals surface area contributed by atoms with Crippen LogP contribution in [0.5, 0.6) is 0 Å². The van der Waals surface area contributed by atoms with Crippen LogP contribution >= 0.6 is 11.3 Å². The van der Waals surface area contributed by atoms with E-state index in [1.54, 1.807) is 0 Å². The number of aliphatic carboxylic acids is 1. The molecule has 0 unspecified atom stereocenters. The molecular weight excluding hydrogens is 288 g/mol. The number of nitrogens with zero attached hydrogens (tertiary/aromatic N) is 2. The van der Waals surface area contributed by atoms with Crippen molar-refractivity contribution in [2.45, 2.75) is 20.3 Å². The molecule has 5 nitrogen and oxygen atoms in total. The number of carbonyl (C=O) groups excluding carboxylic acids is 1. The molecule has 0 bridgehead atoms. The summed E-state index contributed by atoms with van der Waals surface area (Å²) in [6.07, 6.45) is 1.43. The van der Waals surface area contributed by atoms with Crippen LogP contribution in [0.3, 0.4) is 0 Å². The fourth-order valence-corrected chi connectivity index (χ4v) is 2.60. The molecule has 110 valence electrons. The zero-order chi connectivity index (χ0) is 15.4. The van der Waals surface area contributed by atoms with Crippen LogP contribution in [0.15, 0.2) is 30.5 Å². The first-order valence-corrected chi connectivity index (χ1v) is 7.32. The number of carboxylic acid groups (broad SMARTS) is 1. The maximum atomic E-state index is 12.6. The molecule has 2 aromatic rings. The van der Waals surface area contributed by atoms with Crippen LogP contribution in [-0.4, -0.2) is 28.5 Å². The zero-order valence-corrected chi connectivity index (χ0v) is 12.7. The lowest BCUT2D eigenvalue weighted by Gasteiger charge is -2.21. The van der Waals surface area contributed by atoms with Gasteiger partial charge in [-0.05, 0) is 26.0 Å². The first kappa shape index (κ1) is 15.2. The molecule has 0 saturated heterocycles. The van der Waals surface area contributed by atoms with Gasteiger partial charge in [-0.15, -0.1) is 11.3 Å². The van der Waals surface area contributed by atoms with E-state index in [-0.39, 0.29) is 18.9 Å². The maximum absolute atomic E-state index is 12.6. The lowest BCUT2D eigenvalue weighted by atomic mass is 10.2. The van der Waals surface area contributed by atoms with E-state index in [0.29, 0.717) is 10.6 Å². The third-order valence-corrected chi connectivity index (χ3v) is 3.87. The Balaban J connectivity index is 2.28. The standard InChI is InChI=1S/C15H16N2O3S/c1-10-3-5-12(6-4-10)17(8-7-14(18)19)15(20)13-9-16-11(2)21-13/h3-6,9H,7-8H2,1-2H3,(H,18,19). The number of thiazole rings is 1. The Morgan fingerprint density at radius 3 is 2.43 bits per heavy atom. The van der Waals surface area contributed by atoms with E-state index in [9.17, 15) is 9.59 Å². The summed E-state index contributed by atoms with van der Waals surface area (Å²) in [5.41, 5.74) is 1.77. The first-order chi connectivity index (χ1) is 9.97. The molecule has 0 saturated carbocycles. The second-order valence-corrected chi connectivity index (χ2v) is 5.91. The van der Waals surface area contributed by atoms with Crippen molar-refractivity contribution in [3.8, 4) is 0 Å². The number of aromatic nitrogens is 1. The van der Waals surface area contributed by atoms with Crippen LogP contribution in [-0.2, 0) is 4.79 Å². The molecule has 2 rings (SSSR count). The van der Waals surface area contributed by atoms with Crippen LogP contribution in [0.2, 0.25) is 0 Å². The summed E-state index contributed by atoms with van der Waals surface area (Å²) in [5, 5.41) is 9.67. The summed E-state index contributed by atoms with van der Waals surface area (Å²) >= 11 is 1.31. The van der Waals surface area contributed by atoms with Gasteiger partial charge in [0, 0.05) is 12.2 Å². The Bertz CT molecular complexity index is 649. The van der Waals surface area contributed by atoms with Gasteiger partial charge in [-0.2, -0.15) is 0 Å². The number of benzene rings is 1. The molecule has 0 aliphatic rings. The molecule has 0 aliphatic carbocycles. The van der Waals surface area contributed by atoms with Crippen molar-refractivity contribution in [3.63, 3.8) is 0 Å². The predicted octanol–water partition coefficient (Wildman–Crippen LogP) is 2.88. The van der Waals surface area contributed by atoms with Gasteiger partial charge in [0.2, 0.25) is 0 Å². The molecule has 1 amide bonds. The first-order valence-electron chi connectivity index (χ1n) is 6.50. The summed E-state index contributed by atoms with van der Waals surface area (Å²) < 4.78 is 0. The van der Waals surface area contributed by atoms with E-state index in [1.807, 2.05) is 38.1 Å². The molecule has 0 atom stereocenters. The van der Waals surface area contributed by atoms with Crippen molar-refractivity contribution in [3.05, 3.63) is 45.9 Å². The number of hydrogen-bond donors (Lipinski definition) is 1. The van der Waals surface area contributed by atoms with Crippen molar-refractivity contribution < 1.29 is 14.7 Å². The SMILES string of the molecule is Cc1ccc(N(CCC(=O)O)C(=O)c2cnc(C)s2)cc1. The highest BCUT2D eigenvalue weighted by atomic mass is 32.1. The quantitative estimate of drug-likeness (QED) is 0.922.